The molecular weight excluding hydrogens is 1160 g/mol. The van der Waals surface area contributed by atoms with E-state index < -0.39 is 41.1 Å². The van der Waals surface area contributed by atoms with E-state index in [1.54, 1.807) is 53.8 Å². The maximum absolute atomic E-state index is 13.6. The number of carbonyl (C=O) groups excluding carboxylic acids is 1. The average molecular weight is 1220 g/mol. The van der Waals surface area contributed by atoms with Crippen molar-refractivity contribution < 1.29 is 59.6 Å². The molecule has 6 aliphatic rings. The Hall–Kier alpha value is -6.21. The van der Waals surface area contributed by atoms with Gasteiger partial charge in [0, 0.05) is 67.9 Å². The lowest BCUT2D eigenvalue weighted by molar-refractivity contribution is -0.141. The highest BCUT2D eigenvalue weighted by Crippen LogP contribution is 2.41. The first-order chi connectivity index (χ1) is 37.1. The number of nitrogens with two attached hydrogens (primary N) is 1. The van der Waals surface area contributed by atoms with Crippen LogP contribution in [0.2, 0.25) is 0 Å². The van der Waals surface area contributed by atoms with E-state index in [1.165, 1.54) is 24.4 Å². The van der Waals surface area contributed by atoms with Crippen molar-refractivity contribution in [2.75, 3.05) is 83.7 Å². The lowest BCUT2D eigenvalue weighted by atomic mass is 10.1. The molecule has 82 heavy (non-hydrogen) atoms. The number of nitrogens with zero attached hydrogens (tertiary/aromatic N) is 9. The lowest BCUT2D eigenvalue weighted by Crippen LogP contribution is -2.48. The minimum absolute atomic E-state index is 0. The van der Waals surface area contributed by atoms with E-state index in [2.05, 4.69) is 50.3 Å². The molecule has 2 aromatic carbocycles. The minimum Gasteiger partial charge on any atom is -0.491 e. The minimum atomic E-state index is -4.50. The zero-order valence-electron chi connectivity index (χ0n) is 44.8. The van der Waals surface area contributed by atoms with Crippen LogP contribution in [0.4, 0.5) is 65.8 Å². The van der Waals surface area contributed by atoms with E-state index in [0.29, 0.717) is 91.4 Å². The van der Waals surface area contributed by atoms with Gasteiger partial charge in [-0.1, -0.05) is 24.3 Å². The fourth-order valence-electron chi connectivity index (χ4n) is 9.65. The molecule has 19 nitrogen and oxygen atoms in total. The molecule has 29 heteroatoms. The lowest BCUT2D eigenvalue weighted by Gasteiger charge is -2.35. The van der Waals surface area contributed by atoms with E-state index >= 15 is 0 Å². The van der Waals surface area contributed by atoms with Crippen molar-refractivity contribution in [3.05, 3.63) is 109 Å². The van der Waals surface area contributed by atoms with Crippen molar-refractivity contribution >= 4 is 94.7 Å². The van der Waals surface area contributed by atoms with Crippen molar-refractivity contribution in [2.24, 2.45) is 0 Å². The van der Waals surface area contributed by atoms with E-state index in [0.717, 1.165) is 49.5 Å². The number of anilines is 6. The van der Waals surface area contributed by atoms with Crippen molar-refractivity contribution in [2.45, 2.75) is 88.8 Å². The number of urea groups is 1. The molecule has 4 fully saturated rings. The molecule has 0 aliphatic carbocycles. The molecular formula is C53H64F6N12O7S4. The summed E-state index contributed by atoms with van der Waals surface area (Å²) >= 11 is 0. The number of halogens is 6. The summed E-state index contributed by atoms with van der Waals surface area (Å²) in [5.74, 6) is 2.20. The first-order valence-corrected chi connectivity index (χ1v) is 25.1. The van der Waals surface area contributed by atoms with Gasteiger partial charge < -0.3 is 49.3 Å². The molecule has 6 aromatic rings. The number of carbonyl (C=O) groups is 1. The summed E-state index contributed by atoms with van der Waals surface area (Å²) in [5, 5.41) is 6.15. The molecule has 4 aromatic heterocycles. The third-order valence-electron chi connectivity index (χ3n) is 13.3. The second-order valence-corrected chi connectivity index (χ2v) is 20.1. The Morgan fingerprint density at radius 3 is 1.79 bits per heavy atom. The van der Waals surface area contributed by atoms with Crippen LogP contribution in [-0.4, -0.2) is 124 Å². The standard InChI is InChI=1S/C27H27F3N6O4.C15H13F3N4.C11H16N2O3.4H2S/c1-26(2)39-15-20(40-26)14-38-19-6-8-31-22(11-19)33-25(37)36-18-7-9-35(13-18)21-12-32-23(34-24(21)36)16-4-3-5-17(10-16)27(28,29)30;16-15(17,18)10-3-1-2-9(6-10)13-19-7-12-14(21-13)20-11-4-5-22(12)8-11;1-11(2)15-7-9(16-11)6-14-8-3-4-13-10(12)5-8;;;;/h3-6,8,10-12,18,20H,7,9,13-15H2,1-2H3,(H,31,33,37);1-3,6-7,11H,4-5,8H2,(H,19,20,21);3-5,9H,6-7H2,1-2H3,(H2,12,13);4*1H2/t18-,20-;11-;9-;;;;/m000..../s1. The highest BCUT2D eigenvalue weighted by atomic mass is 32.1. The average Bonchev–Trinajstić information content (AvgIpc) is 4.34. The summed E-state index contributed by atoms with van der Waals surface area (Å²) in [4.78, 5) is 45.1. The predicted octanol–water partition coefficient (Wildman–Crippen LogP) is 9.53. The number of benzene rings is 2. The highest BCUT2D eigenvalue weighted by Gasteiger charge is 2.42. The van der Waals surface area contributed by atoms with Crippen LogP contribution < -0.4 is 40.5 Å². The Labute approximate surface area is 497 Å². The van der Waals surface area contributed by atoms with Gasteiger partial charge in [0.05, 0.1) is 54.2 Å². The van der Waals surface area contributed by atoms with Crippen LogP contribution in [-0.2, 0) is 31.3 Å². The van der Waals surface area contributed by atoms with E-state index in [1.807, 2.05) is 27.7 Å². The summed E-state index contributed by atoms with van der Waals surface area (Å²) < 4.78 is 112. The molecule has 0 radical (unpaired) electrons. The Kier molecular flexibility index (Phi) is 21.0. The monoisotopic (exact) mass is 1220 g/mol. The van der Waals surface area contributed by atoms with Gasteiger partial charge in [-0.15, -0.1) is 0 Å². The molecule has 12 rings (SSSR count). The second kappa shape index (κ2) is 26.6. The van der Waals surface area contributed by atoms with Crippen LogP contribution in [0.5, 0.6) is 11.5 Å². The summed E-state index contributed by atoms with van der Waals surface area (Å²) in [7, 11) is 0. The van der Waals surface area contributed by atoms with Crippen molar-refractivity contribution in [3.8, 4) is 34.3 Å². The number of amides is 2. The second-order valence-electron chi connectivity index (χ2n) is 20.1. The summed E-state index contributed by atoms with van der Waals surface area (Å²) in [5.41, 5.74) is 6.19. The zero-order valence-corrected chi connectivity index (χ0v) is 48.8. The number of nitrogen functional groups attached to an aromatic ring is 1. The first-order valence-electron chi connectivity index (χ1n) is 25.1. The molecule has 10 heterocycles. The molecule has 6 aliphatic heterocycles. The van der Waals surface area contributed by atoms with Crippen LogP contribution in [0.25, 0.3) is 22.8 Å². The fraction of sp³-hybridized carbons (Fsp3) is 0.415. The quantitative estimate of drug-likeness (QED) is 0.115. The van der Waals surface area contributed by atoms with Crippen LogP contribution in [0.1, 0.15) is 51.7 Å². The highest BCUT2D eigenvalue weighted by molar-refractivity contribution is 7.59. The Morgan fingerprint density at radius 2 is 1.23 bits per heavy atom. The molecule has 0 spiro atoms. The molecule has 4 N–H and O–H groups in total. The molecule has 444 valence electrons. The number of ether oxygens (including phenoxy) is 6. The van der Waals surface area contributed by atoms with Gasteiger partial charge in [-0.3, -0.25) is 10.2 Å². The van der Waals surface area contributed by atoms with Crippen molar-refractivity contribution in [1.29, 1.82) is 0 Å². The largest absolute Gasteiger partial charge is 0.491 e. The van der Waals surface area contributed by atoms with Crippen LogP contribution in [0.15, 0.2) is 97.6 Å². The predicted molar refractivity (Wildman–Crippen MR) is 317 cm³/mol. The normalized spacial score (nSPS) is 20.2. The Morgan fingerprint density at radius 1 is 0.695 bits per heavy atom. The van der Waals surface area contributed by atoms with Crippen molar-refractivity contribution in [1.82, 2.24) is 29.9 Å². The number of rotatable bonds is 9. The van der Waals surface area contributed by atoms with Gasteiger partial charge in [0.15, 0.2) is 34.9 Å². The third kappa shape index (κ3) is 15.7. The number of alkyl halides is 6. The smallest absolute Gasteiger partial charge is 0.416 e. The van der Waals surface area contributed by atoms with E-state index in [-0.39, 0.29) is 96.0 Å². The van der Waals surface area contributed by atoms with Crippen LogP contribution in [0, 0.1) is 0 Å². The fourth-order valence-corrected chi connectivity index (χ4v) is 9.65. The van der Waals surface area contributed by atoms with Gasteiger partial charge in [-0.05, 0) is 76.9 Å². The number of nitrogens with one attached hydrogen (secondary N) is 2. The number of fused-ring (bicyclic) bond motifs is 8. The Balaban J connectivity index is 0.000000217. The summed E-state index contributed by atoms with van der Waals surface area (Å²) in [6.07, 6.45) is -1.000. The first kappa shape index (κ1) is 65.0. The van der Waals surface area contributed by atoms with Gasteiger partial charge >= 0.3 is 18.4 Å². The molecule has 0 unspecified atom stereocenters. The molecule has 4 bridgehead atoms. The number of hydrogen-bond acceptors (Lipinski definition) is 17. The zero-order chi connectivity index (χ0) is 55.0. The van der Waals surface area contributed by atoms with Crippen LogP contribution >= 0.6 is 54.0 Å². The molecule has 2 amide bonds. The third-order valence-corrected chi connectivity index (χ3v) is 13.3. The van der Waals surface area contributed by atoms with Gasteiger partial charge in [0.1, 0.15) is 48.6 Å². The SMILES string of the molecule is CC1(C)OC[C@H](COc2ccnc(N)c2)O1.CC1(C)OC[C@H](COc2ccnc(NC(=O)N3c4nc(-c5cccc(C(F)(F)F)c5)ncc4N4CC[C@H]3C4)c2)O1.FC(F)(F)c1cccc(-c2ncc3c(n2)N[C@H]2CCN3C2)c1.S.S.S.S. The van der Waals surface area contributed by atoms with Crippen LogP contribution in [0.3, 0.4) is 0 Å². The maximum Gasteiger partial charge on any atom is 0.416 e. The topological polar surface area (TPSA) is 210 Å². The number of hydrogen-bond donors (Lipinski definition) is 3. The summed E-state index contributed by atoms with van der Waals surface area (Å²) in [6.45, 7) is 12.3. The number of pyridine rings is 2. The van der Waals surface area contributed by atoms with E-state index in [9.17, 15) is 31.1 Å². The summed E-state index contributed by atoms with van der Waals surface area (Å²) in [6, 6.07) is 16.4. The van der Waals surface area contributed by atoms with Gasteiger partial charge in [-0.2, -0.15) is 80.3 Å². The van der Waals surface area contributed by atoms with Crippen molar-refractivity contribution in [3.63, 3.8) is 0 Å². The number of aromatic nitrogens is 6. The maximum atomic E-state index is 13.6. The molecule has 0 saturated carbocycles. The van der Waals surface area contributed by atoms with Gasteiger partial charge in [-0.25, -0.2) is 34.7 Å². The molecule has 4 saturated heterocycles. The van der Waals surface area contributed by atoms with Gasteiger partial charge in [0.2, 0.25) is 0 Å². The van der Waals surface area contributed by atoms with E-state index in [4.69, 9.17) is 34.2 Å². The van der Waals surface area contributed by atoms with Gasteiger partial charge in [0.25, 0.3) is 0 Å². The Bertz CT molecular complexity index is 3160. The molecule has 4 atom stereocenters.